The van der Waals surface area contributed by atoms with Crippen LogP contribution in [0.3, 0.4) is 0 Å². The molecule has 0 spiro atoms. The van der Waals surface area contributed by atoms with Crippen LogP contribution in [0.15, 0.2) is 47.6 Å². The minimum atomic E-state index is -0.0192. The fourth-order valence-corrected chi connectivity index (χ4v) is 1.98. The molecule has 0 aliphatic heterocycles. The molecule has 2 aromatic rings. The molecule has 0 radical (unpaired) electrons. The Hall–Kier alpha value is -2.80. The van der Waals surface area contributed by atoms with Crippen LogP contribution >= 0.6 is 0 Å². The van der Waals surface area contributed by atoms with Crippen molar-refractivity contribution < 1.29 is 9.94 Å². The average Bonchev–Trinajstić information content (AvgIpc) is 2.51. The first-order chi connectivity index (χ1) is 10.2. The molecule has 2 aromatic carbocycles. The topological polar surface area (TPSA) is 65.6 Å². The fourth-order valence-electron chi connectivity index (χ4n) is 1.98. The van der Waals surface area contributed by atoms with Crippen molar-refractivity contribution >= 4 is 5.71 Å². The zero-order valence-corrected chi connectivity index (χ0v) is 12.0. The summed E-state index contributed by atoms with van der Waals surface area (Å²) in [6, 6.07) is 15.0. The maximum absolute atomic E-state index is 8.97. The molecule has 0 aromatic heterocycles. The highest BCUT2D eigenvalue weighted by Gasteiger charge is 2.09. The van der Waals surface area contributed by atoms with Gasteiger partial charge in [-0.1, -0.05) is 35.5 Å². The molecular weight excluding hydrogens is 264 g/mol. The summed E-state index contributed by atoms with van der Waals surface area (Å²) in [5.41, 5.74) is 3.73. The molecule has 1 N–H and O–H groups in total. The molecule has 0 heterocycles. The van der Waals surface area contributed by atoms with Crippen molar-refractivity contribution in [3.63, 3.8) is 0 Å². The summed E-state index contributed by atoms with van der Waals surface area (Å²) in [5, 5.41) is 20.9. The van der Waals surface area contributed by atoms with E-state index in [4.69, 9.17) is 15.2 Å². The van der Waals surface area contributed by atoms with Crippen LogP contribution in [0.1, 0.15) is 22.3 Å². The van der Waals surface area contributed by atoms with Gasteiger partial charge in [0, 0.05) is 5.56 Å². The molecule has 0 atom stereocenters. The average molecular weight is 280 g/mol. The number of benzene rings is 2. The summed E-state index contributed by atoms with van der Waals surface area (Å²) < 4.78 is 5.76. The van der Waals surface area contributed by atoms with Crippen LogP contribution < -0.4 is 4.74 Å². The van der Waals surface area contributed by atoms with Gasteiger partial charge in [0.05, 0.1) is 0 Å². The van der Waals surface area contributed by atoms with Gasteiger partial charge in [0.15, 0.2) is 5.71 Å². The molecule has 0 unspecified atom stereocenters. The number of oxime groups is 1. The molecule has 106 valence electrons. The Kier molecular flexibility index (Phi) is 4.57. The maximum Gasteiger partial charge on any atom is 0.187 e. The van der Waals surface area contributed by atoms with E-state index in [0.717, 1.165) is 16.9 Å². The van der Waals surface area contributed by atoms with Crippen molar-refractivity contribution in [2.45, 2.75) is 20.5 Å². The maximum atomic E-state index is 8.97. The van der Waals surface area contributed by atoms with Crippen LogP contribution in [0, 0.1) is 25.2 Å². The van der Waals surface area contributed by atoms with E-state index in [1.165, 1.54) is 5.56 Å². The third-order valence-corrected chi connectivity index (χ3v) is 3.35. The zero-order chi connectivity index (χ0) is 15.2. The van der Waals surface area contributed by atoms with Gasteiger partial charge in [0.1, 0.15) is 18.4 Å². The Balaban J connectivity index is 2.21. The molecular formula is C17H16N2O2. The van der Waals surface area contributed by atoms with Gasteiger partial charge < -0.3 is 9.94 Å². The second-order valence-corrected chi connectivity index (χ2v) is 4.75. The minimum absolute atomic E-state index is 0.0192. The lowest BCUT2D eigenvalue weighted by atomic mass is 10.0. The van der Waals surface area contributed by atoms with E-state index in [-0.39, 0.29) is 5.71 Å². The van der Waals surface area contributed by atoms with E-state index in [1.54, 1.807) is 12.1 Å². The van der Waals surface area contributed by atoms with Crippen molar-refractivity contribution in [2.75, 3.05) is 0 Å². The molecule has 2 rings (SSSR count). The Bertz CT molecular complexity index is 715. The summed E-state index contributed by atoms with van der Waals surface area (Å²) in [6.45, 7) is 4.38. The standard InChI is InChI=1S/C17H16N2O2/c1-12-7-8-15(9-13(12)2)21-11-14-5-3-4-6-16(14)17(10-18)19-20/h3-9,20H,11H2,1-2H3. The smallest absolute Gasteiger partial charge is 0.187 e. The Labute approximate surface area is 123 Å². The summed E-state index contributed by atoms with van der Waals surface area (Å²) in [5.74, 6) is 0.771. The lowest BCUT2D eigenvalue weighted by Crippen LogP contribution is -2.05. The molecule has 0 aliphatic carbocycles. The first kappa shape index (κ1) is 14.6. The number of nitriles is 1. The number of aryl methyl sites for hydroxylation is 2. The molecule has 4 heteroatoms. The fraction of sp³-hybridized carbons (Fsp3) is 0.176. The first-order valence-electron chi connectivity index (χ1n) is 6.56. The molecule has 0 saturated heterocycles. The number of rotatable bonds is 4. The van der Waals surface area contributed by atoms with Crippen LogP contribution in [-0.2, 0) is 6.61 Å². The van der Waals surface area contributed by atoms with Crippen molar-refractivity contribution in [3.05, 3.63) is 64.7 Å². The second-order valence-electron chi connectivity index (χ2n) is 4.75. The summed E-state index contributed by atoms with van der Waals surface area (Å²) in [6.07, 6.45) is 0. The van der Waals surface area contributed by atoms with Crippen LogP contribution in [0.5, 0.6) is 5.75 Å². The summed E-state index contributed by atoms with van der Waals surface area (Å²) in [4.78, 5) is 0. The lowest BCUT2D eigenvalue weighted by molar-refractivity contribution is 0.305. The van der Waals surface area contributed by atoms with E-state index in [2.05, 4.69) is 5.16 Å². The van der Waals surface area contributed by atoms with Gasteiger partial charge in [-0.3, -0.25) is 0 Å². The largest absolute Gasteiger partial charge is 0.489 e. The molecule has 0 amide bonds. The highest BCUT2D eigenvalue weighted by molar-refractivity contribution is 6.12. The Morgan fingerprint density at radius 2 is 1.95 bits per heavy atom. The third kappa shape index (κ3) is 3.40. The number of hydrogen-bond acceptors (Lipinski definition) is 4. The number of ether oxygens (including phenoxy) is 1. The highest BCUT2D eigenvalue weighted by atomic mass is 16.5. The van der Waals surface area contributed by atoms with Crippen LogP contribution in [-0.4, -0.2) is 10.9 Å². The van der Waals surface area contributed by atoms with Crippen molar-refractivity contribution in [3.8, 4) is 11.8 Å². The van der Waals surface area contributed by atoms with E-state index in [1.807, 2.05) is 50.2 Å². The summed E-state index contributed by atoms with van der Waals surface area (Å²) in [7, 11) is 0. The number of nitrogens with zero attached hydrogens (tertiary/aromatic N) is 2. The van der Waals surface area contributed by atoms with Crippen molar-refractivity contribution in [1.29, 1.82) is 5.26 Å². The van der Waals surface area contributed by atoms with Crippen LogP contribution in [0.25, 0.3) is 0 Å². The Morgan fingerprint density at radius 1 is 1.19 bits per heavy atom. The highest BCUT2D eigenvalue weighted by Crippen LogP contribution is 2.19. The van der Waals surface area contributed by atoms with E-state index in [9.17, 15) is 0 Å². The lowest BCUT2D eigenvalue weighted by Gasteiger charge is -2.11. The van der Waals surface area contributed by atoms with Crippen LogP contribution in [0.2, 0.25) is 0 Å². The Morgan fingerprint density at radius 3 is 2.62 bits per heavy atom. The van der Waals surface area contributed by atoms with Crippen LogP contribution in [0.4, 0.5) is 0 Å². The van der Waals surface area contributed by atoms with Gasteiger partial charge in [-0.25, -0.2) is 0 Å². The minimum Gasteiger partial charge on any atom is -0.489 e. The van der Waals surface area contributed by atoms with E-state index < -0.39 is 0 Å². The normalized spacial score (nSPS) is 11.0. The SMILES string of the molecule is Cc1ccc(OCc2ccccc2C(C#N)=NO)cc1C. The molecule has 21 heavy (non-hydrogen) atoms. The first-order valence-corrected chi connectivity index (χ1v) is 6.56. The van der Waals surface area contributed by atoms with E-state index >= 15 is 0 Å². The monoisotopic (exact) mass is 280 g/mol. The number of hydrogen-bond donors (Lipinski definition) is 1. The van der Waals surface area contributed by atoms with Gasteiger partial charge in [-0.2, -0.15) is 5.26 Å². The van der Waals surface area contributed by atoms with Gasteiger partial charge in [0.25, 0.3) is 0 Å². The predicted molar refractivity (Wildman–Crippen MR) is 80.6 cm³/mol. The predicted octanol–water partition coefficient (Wildman–Crippen LogP) is 3.58. The molecule has 0 fully saturated rings. The molecule has 0 bridgehead atoms. The molecule has 0 saturated carbocycles. The summed E-state index contributed by atoms with van der Waals surface area (Å²) >= 11 is 0. The van der Waals surface area contributed by atoms with Crippen molar-refractivity contribution in [1.82, 2.24) is 0 Å². The van der Waals surface area contributed by atoms with Gasteiger partial charge in [-0.05, 0) is 42.7 Å². The molecule has 0 aliphatic rings. The molecule has 4 nitrogen and oxygen atoms in total. The third-order valence-electron chi connectivity index (χ3n) is 3.35. The van der Waals surface area contributed by atoms with Crippen molar-refractivity contribution in [2.24, 2.45) is 5.16 Å². The quantitative estimate of drug-likeness (QED) is 0.529. The second kappa shape index (κ2) is 6.58. The van der Waals surface area contributed by atoms with Gasteiger partial charge >= 0.3 is 0 Å². The zero-order valence-electron chi connectivity index (χ0n) is 12.0. The van der Waals surface area contributed by atoms with E-state index in [0.29, 0.717) is 12.2 Å². The van der Waals surface area contributed by atoms with Gasteiger partial charge in [0.2, 0.25) is 0 Å². The van der Waals surface area contributed by atoms with Gasteiger partial charge in [-0.15, -0.1) is 0 Å².